The van der Waals surface area contributed by atoms with E-state index in [0.29, 0.717) is 17.5 Å². The Morgan fingerprint density at radius 2 is 1.47 bits per heavy atom. The first-order valence-electron chi connectivity index (χ1n) is 11.9. The fourth-order valence-electron chi connectivity index (χ4n) is 4.99. The predicted octanol–water partition coefficient (Wildman–Crippen LogP) is 6.12. The molecule has 0 unspecified atom stereocenters. The maximum Gasteiger partial charge on any atom is 0.233 e. The van der Waals surface area contributed by atoms with E-state index in [1.165, 1.54) is 6.07 Å². The van der Waals surface area contributed by atoms with Crippen molar-refractivity contribution in [3.63, 3.8) is 0 Å². The number of halogens is 1. The van der Waals surface area contributed by atoms with Crippen LogP contribution >= 0.6 is 0 Å². The van der Waals surface area contributed by atoms with E-state index in [1.54, 1.807) is 59.5 Å². The van der Waals surface area contributed by atoms with Gasteiger partial charge in [0.15, 0.2) is 0 Å². The summed E-state index contributed by atoms with van der Waals surface area (Å²) in [6.45, 7) is 0. The van der Waals surface area contributed by atoms with Gasteiger partial charge in [-0.15, -0.1) is 0 Å². The number of phenolic OH excluding ortho intramolecular Hbond substituents is 2. The third-order valence-electron chi connectivity index (χ3n) is 6.82. The number of benzene rings is 4. The molecule has 0 bridgehead atoms. The molecule has 4 aromatic rings. The Kier molecular flexibility index (Phi) is 6.44. The van der Waals surface area contributed by atoms with Crippen LogP contribution in [0.1, 0.15) is 36.1 Å². The van der Waals surface area contributed by atoms with E-state index in [1.807, 2.05) is 36.4 Å². The fourth-order valence-corrected chi connectivity index (χ4v) is 4.99. The standard InChI is InChI=1S/C30H26FNO4/c31-25-12-6-4-11-23(25)27(34)17-16-24-29(32(30(24)36)20-8-2-1-3-9-20)19-14-15-22(28(35)18-19)21-10-5-7-13-26(21)33/h1-15,18,24,27,29,33-35H,16-17H2/t24-,27+,29-/m1/s1. The number of aliphatic hydroxyl groups excluding tert-OH is 1. The first-order valence-corrected chi connectivity index (χ1v) is 11.9. The second-order valence-electron chi connectivity index (χ2n) is 9.00. The lowest BCUT2D eigenvalue weighted by molar-refractivity contribution is -0.131. The Hall–Kier alpha value is -4.16. The predicted molar refractivity (Wildman–Crippen MR) is 136 cm³/mol. The molecule has 182 valence electrons. The minimum absolute atomic E-state index is 0.00787. The molecule has 0 saturated carbocycles. The number of para-hydroxylation sites is 2. The number of amides is 1. The average Bonchev–Trinajstić information content (AvgIpc) is 2.88. The molecule has 1 aliphatic rings. The molecule has 0 spiro atoms. The van der Waals surface area contributed by atoms with Crippen LogP contribution in [0.3, 0.4) is 0 Å². The zero-order valence-electron chi connectivity index (χ0n) is 19.5. The van der Waals surface area contributed by atoms with Gasteiger partial charge in [0.25, 0.3) is 0 Å². The molecule has 0 radical (unpaired) electrons. The first kappa shape index (κ1) is 23.6. The van der Waals surface area contributed by atoms with Crippen LogP contribution in [0.2, 0.25) is 0 Å². The van der Waals surface area contributed by atoms with Crippen LogP contribution in [0, 0.1) is 11.7 Å². The van der Waals surface area contributed by atoms with E-state index in [2.05, 4.69) is 0 Å². The minimum atomic E-state index is -1.03. The van der Waals surface area contributed by atoms with Crippen molar-refractivity contribution in [3.05, 3.63) is 114 Å². The van der Waals surface area contributed by atoms with E-state index >= 15 is 0 Å². The van der Waals surface area contributed by atoms with Crippen LogP contribution in [0.5, 0.6) is 11.5 Å². The van der Waals surface area contributed by atoms with Gasteiger partial charge in [-0.3, -0.25) is 4.79 Å². The van der Waals surface area contributed by atoms with Crippen molar-refractivity contribution >= 4 is 11.6 Å². The molecule has 1 heterocycles. The summed E-state index contributed by atoms with van der Waals surface area (Å²) in [5, 5.41) is 31.7. The number of aliphatic hydroxyl groups is 1. The molecule has 5 rings (SSSR count). The van der Waals surface area contributed by atoms with Crippen LogP contribution in [0.4, 0.5) is 10.1 Å². The summed E-state index contributed by atoms with van der Waals surface area (Å²) in [5.41, 5.74) is 2.68. The van der Waals surface area contributed by atoms with E-state index in [9.17, 15) is 24.5 Å². The quantitative estimate of drug-likeness (QED) is 0.277. The smallest absolute Gasteiger partial charge is 0.233 e. The van der Waals surface area contributed by atoms with Crippen LogP contribution in [-0.2, 0) is 4.79 Å². The molecule has 0 aliphatic carbocycles. The monoisotopic (exact) mass is 483 g/mol. The minimum Gasteiger partial charge on any atom is -0.507 e. The molecule has 1 fully saturated rings. The highest BCUT2D eigenvalue weighted by Crippen LogP contribution is 2.48. The lowest BCUT2D eigenvalue weighted by Gasteiger charge is -2.48. The summed E-state index contributed by atoms with van der Waals surface area (Å²) in [7, 11) is 0. The fraction of sp³-hybridized carbons (Fsp3) is 0.167. The number of hydrogen-bond donors (Lipinski definition) is 3. The highest BCUT2D eigenvalue weighted by Gasteiger charge is 2.48. The van der Waals surface area contributed by atoms with Gasteiger partial charge in [0.2, 0.25) is 5.91 Å². The number of carbonyl (C=O) groups excluding carboxylic acids is 1. The highest BCUT2D eigenvalue weighted by atomic mass is 19.1. The van der Waals surface area contributed by atoms with Gasteiger partial charge in [-0.1, -0.05) is 66.7 Å². The van der Waals surface area contributed by atoms with E-state index in [0.717, 1.165) is 11.3 Å². The van der Waals surface area contributed by atoms with Crippen molar-refractivity contribution < 1.29 is 24.5 Å². The Bertz CT molecular complexity index is 1390. The number of anilines is 1. The molecule has 3 N–H and O–H groups in total. The van der Waals surface area contributed by atoms with Crippen molar-refractivity contribution in [2.75, 3.05) is 4.90 Å². The van der Waals surface area contributed by atoms with Crippen LogP contribution < -0.4 is 4.90 Å². The van der Waals surface area contributed by atoms with Gasteiger partial charge < -0.3 is 20.2 Å². The van der Waals surface area contributed by atoms with E-state index in [-0.39, 0.29) is 35.4 Å². The van der Waals surface area contributed by atoms with Crippen molar-refractivity contribution in [1.29, 1.82) is 0 Å². The van der Waals surface area contributed by atoms with Crippen LogP contribution in [-0.4, -0.2) is 21.2 Å². The number of hydrogen-bond acceptors (Lipinski definition) is 4. The Morgan fingerprint density at radius 3 is 2.19 bits per heavy atom. The first-order chi connectivity index (χ1) is 17.5. The van der Waals surface area contributed by atoms with Crippen LogP contribution in [0.25, 0.3) is 11.1 Å². The van der Waals surface area contributed by atoms with Crippen molar-refractivity contribution in [1.82, 2.24) is 0 Å². The Labute approximate surface area is 208 Å². The molecule has 36 heavy (non-hydrogen) atoms. The number of nitrogens with zero attached hydrogens (tertiary/aromatic N) is 1. The topological polar surface area (TPSA) is 81.0 Å². The maximum atomic E-state index is 14.1. The number of rotatable bonds is 7. The largest absolute Gasteiger partial charge is 0.507 e. The number of phenols is 2. The average molecular weight is 484 g/mol. The second kappa shape index (κ2) is 9.84. The third-order valence-corrected chi connectivity index (χ3v) is 6.82. The van der Waals surface area contributed by atoms with Gasteiger partial charge in [0, 0.05) is 22.4 Å². The van der Waals surface area contributed by atoms with E-state index in [4.69, 9.17) is 0 Å². The third kappa shape index (κ3) is 4.32. The zero-order valence-corrected chi connectivity index (χ0v) is 19.5. The van der Waals surface area contributed by atoms with Gasteiger partial charge in [-0.25, -0.2) is 4.39 Å². The summed E-state index contributed by atoms with van der Waals surface area (Å²) in [6.07, 6.45) is -0.454. The molecule has 4 aromatic carbocycles. The SMILES string of the molecule is O=C1[C@H](CC[C@H](O)c2ccccc2F)[C@@H](c2ccc(-c3ccccc3O)c(O)c2)N1c1ccccc1. The Morgan fingerprint density at radius 1 is 0.806 bits per heavy atom. The Balaban J connectivity index is 1.44. The molecule has 6 heteroatoms. The summed E-state index contributed by atoms with van der Waals surface area (Å²) < 4.78 is 14.1. The lowest BCUT2D eigenvalue weighted by atomic mass is 9.78. The summed E-state index contributed by atoms with van der Waals surface area (Å²) in [5.74, 6) is -0.952. The second-order valence-corrected chi connectivity index (χ2v) is 9.00. The molecular formula is C30H26FNO4. The number of carbonyl (C=O) groups is 1. The van der Waals surface area contributed by atoms with Crippen molar-refractivity contribution in [3.8, 4) is 22.6 Å². The molecule has 1 aliphatic heterocycles. The van der Waals surface area contributed by atoms with E-state index < -0.39 is 17.8 Å². The normalized spacial score (nSPS) is 18.1. The van der Waals surface area contributed by atoms with Gasteiger partial charge in [-0.05, 0) is 48.7 Å². The van der Waals surface area contributed by atoms with Crippen molar-refractivity contribution in [2.45, 2.75) is 25.0 Å². The summed E-state index contributed by atoms with van der Waals surface area (Å²) in [4.78, 5) is 14.9. The number of aromatic hydroxyl groups is 2. The van der Waals surface area contributed by atoms with Gasteiger partial charge in [0.05, 0.1) is 18.1 Å². The maximum absolute atomic E-state index is 14.1. The molecular weight excluding hydrogens is 457 g/mol. The highest BCUT2D eigenvalue weighted by molar-refractivity contribution is 6.03. The molecule has 1 amide bonds. The van der Waals surface area contributed by atoms with Crippen molar-refractivity contribution in [2.24, 2.45) is 5.92 Å². The zero-order chi connectivity index (χ0) is 25.2. The van der Waals surface area contributed by atoms with Gasteiger partial charge in [0.1, 0.15) is 17.3 Å². The number of β-lactam (4-membered cyclic amide) rings is 1. The van der Waals surface area contributed by atoms with Crippen LogP contribution in [0.15, 0.2) is 97.1 Å². The molecule has 0 aromatic heterocycles. The molecule has 3 atom stereocenters. The molecule has 1 saturated heterocycles. The summed E-state index contributed by atoms with van der Waals surface area (Å²) in [6, 6.07) is 27.0. The van der Waals surface area contributed by atoms with Gasteiger partial charge >= 0.3 is 0 Å². The lowest BCUT2D eigenvalue weighted by Crippen LogP contribution is -2.55. The van der Waals surface area contributed by atoms with Gasteiger partial charge in [-0.2, -0.15) is 0 Å². The summed E-state index contributed by atoms with van der Waals surface area (Å²) >= 11 is 0. The molecule has 5 nitrogen and oxygen atoms in total.